The third kappa shape index (κ3) is 3.00. The van der Waals surface area contributed by atoms with Crippen LogP contribution in [0.15, 0.2) is 41.5 Å². The van der Waals surface area contributed by atoms with Crippen molar-refractivity contribution in [2.24, 2.45) is 7.05 Å². The number of fused-ring (bicyclic) bond motifs is 2. The summed E-state index contributed by atoms with van der Waals surface area (Å²) >= 11 is 0. The maximum atomic E-state index is 12.2. The Kier molecular flexibility index (Phi) is 4.01. The van der Waals surface area contributed by atoms with Crippen LogP contribution in [0.3, 0.4) is 0 Å². The van der Waals surface area contributed by atoms with Crippen molar-refractivity contribution in [1.82, 2.24) is 24.1 Å². The molecule has 0 N–H and O–H groups in total. The van der Waals surface area contributed by atoms with Crippen molar-refractivity contribution in [3.8, 4) is 0 Å². The van der Waals surface area contributed by atoms with E-state index in [0.29, 0.717) is 5.39 Å². The Labute approximate surface area is 168 Å². The number of rotatable bonds is 2. The van der Waals surface area contributed by atoms with Crippen molar-refractivity contribution in [1.29, 1.82) is 0 Å². The van der Waals surface area contributed by atoms with E-state index in [2.05, 4.69) is 30.9 Å². The van der Waals surface area contributed by atoms with Gasteiger partial charge in [0.2, 0.25) is 0 Å². The Morgan fingerprint density at radius 1 is 0.931 bits per heavy atom. The molecular formula is C21H23N7O. The Bertz CT molecular complexity index is 1280. The van der Waals surface area contributed by atoms with Crippen LogP contribution in [0.1, 0.15) is 11.4 Å². The van der Waals surface area contributed by atoms with Crippen LogP contribution in [-0.2, 0) is 7.05 Å². The van der Waals surface area contributed by atoms with Crippen LogP contribution < -0.4 is 15.4 Å². The molecule has 0 amide bonds. The smallest absolute Gasteiger partial charge is 0.260 e. The summed E-state index contributed by atoms with van der Waals surface area (Å²) in [5, 5.41) is 5.27. The largest absolute Gasteiger partial charge is 0.368 e. The highest BCUT2D eigenvalue weighted by Crippen LogP contribution is 2.24. The highest BCUT2D eigenvalue weighted by molar-refractivity contribution is 5.81. The molecule has 0 aliphatic carbocycles. The van der Waals surface area contributed by atoms with Gasteiger partial charge in [-0.15, -0.1) is 0 Å². The summed E-state index contributed by atoms with van der Waals surface area (Å²) in [7, 11) is 1.72. The van der Waals surface area contributed by atoms with Crippen LogP contribution in [0, 0.1) is 13.8 Å². The molecule has 1 aliphatic rings. The first-order valence-corrected chi connectivity index (χ1v) is 9.79. The second kappa shape index (κ2) is 6.58. The quantitative estimate of drug-likeness (QED) is 0.522. The summed E-state index contributed by atoms with van der Waals surface area (Å²) in [5.74, 6) is 1.09. The Morgan fingerprint density at radius 3 is 2.48 bits per heavy atom. The van der Waals surface area contributed by atoms with E-state index in [4.69, 9.17) is 0 Å². The molecule has 29 heavy (non-hydrogen) atoms. The van der Waals surface area contributed by atoms with E-state index in [1.54, 1.807) is 13.4 Å². The first kappa shape index (κ1) is 17.7. The van der Waals surface area contributed by atoms with Gasteiger partial charge in [-0.3, -0.25) is 4.79 Å². The summed E-state index contributed by atoms with van der Waals surface area (Å²) in [6, 6.07) is 10.0. The molecule has 1 saturated heterocycles. The summed E-state index contributed by atoms with van der Waals surface area (Å²) in [4.78, 5) is 25.9. The number of hydrogen-bond donors (Lipinski definition) is 0. The van der Waals surface area contributed by atoms with Gasteiger partial charge in [0, 0.05) is 56.7 Å². The zero-order valence-corrected chi connectivity index (χ0v) is 16.8. The third-order valence-electron chi connectivity index (χ3n) is 5.53. The van der Waals surface area contributed by atoms with Gasteiger partial charge in [0.15, 0.2) is 5.65 Å². The van der Waals surface area contributed by atoms with Gasteiger partial charge >= 0.3 is 0 Å². The molecule has 4 heterocycles. The predicted octanol–water partition coefficient (Wildman–Crippen LogP) is 1.92. The van der Waals surface area contributed by atoms with Crippen LogP contribution in [0.2, 0.25) is 0 Å². The van der Waals surface area contributed by atoms with Crippen molar-refractivity contribution in [3.05, 3.63) is 58.4 Å². The minimum Gasteiger partial charge on any atom is -0.368 e. The van der Waals surface area contributed by atoms with Crippen molar-refractivity contribution >= 4 is 28.1 Å². The lowest BCUT2D eigenvalue weighted by atomic mass is 10.2. The van der Waals surface area contributed by atoms with Gasteiger partial charge in [-0.1, -0.05) is 0 Å². The molecule has 8 heteroatoms. The molecule has 0 spiro atoms. The van der Waals surface area contributed by atoms with Gasteiger partial charge in [-0.2, -0.15) is 9.61 Å². The van der Waals surface area contributed by atoms with Crippen LogP contribution in [0.4, 0.5) is 11.5 Å². The van der Waals surface area contributed by atoms with Crippen LogP contribution >= 0.6 is 0 Å². The normalized spacial score (nSPS) is 14.9. The first-order chi connectivity index (χ1) is 14.0. The minimum absolute atomic E-state index is 0.0158. The summed E-state index contributed by atoms with van der Waals surface area (Å²) in [6.07, 6.45) is 1.58. The van der Waals surface area contributed by atoms with E-state index in [1.165, 1.54) is 4.57 Å². The molecule has 0 saturated carbocycles. The zero-order valence-electron chi connectivity index (χ0n) is 16.8. The van der Waals surface area contributed by atoms with Crippen molar-refractivity contribution in [2.75, 3.05) is 36.0 Å². The van der Waals surface area contributed by atoms with Crippen molar-refractivity contribution in [3.63, 3.8) is 0 Å². The maximum absolute atomic E-state index is 12.2. The van der Waals surface area contributed by atoms with Gasteiger partial charge < -0.3 is 14.4 Å². The Balaban J connectivity index is 1.40. The maximum Gasteiger partial charge on any atom is 0.260 e. The van der Waals surface area contributed by atoms with Gasteiger partial charge in [0.1, 0.15) is 5.82 Å². The lowest BCUT2D eigenvalue weighted by molar-refractivity contribution is 0.638. The van der Waals surface area contributed by atoms with E-state index < -0.39 is 0 Å². The molecule has 148 valence electrons. The van der Waals surface area contributed by atoms with Gasteiger partial charge in [0.25, 0.3) is 5.56 Å². The van der Waals surface area contributed by atoms with Crippen molar-refractivity contribution < 1.29 is 0 Å². The molecule has 1 fully saturated rings. The third-order valence-corrected chi connectivity index (χ3v) is 5.53. The van der Waals surface area contributed by atoms with Crippen LogP contribution in [0.5, 0.6) is 0 Å². The molecule has 5 rings (SSSR count). The van der Waals surface area contributed by atoms with Gasteiger partial charge in [-0.05, 0) is 32.0 Å². The average molecular weight is 389 g/mol. The molecule has 0 radical (unpaired) electrons. The van der Waals surface area contributed by atoms with Crippen LogP contribution in [-0.4, -0.2) is 50.3 Å². The fraction of sp³-hybridized carbons (Fsp3) is 0.333. The van der Waals surface area contributed by atoms with Crippen molar-refractivity contribution in [2.45, 2.75) is 13.8 Å². The molecule has 0 unspecified atom stereocenters. The summed E-state index contributed by atoms with van der Waals surface area (Å²) < 4.78 is 3.45. The molecule has 3 aromatic heterocycles. The summed E-state index contributed by atoms with van der Waals surface area (Å²) in [6.45, 7) is 7.57. The molecule has 0 atom stereocenters. The zero-order chi connectivity index (χ0) is 20.1. The Morgan fingerprint density at radius 2 is 1.69 bits per heavy atom. The molecule has 1 aromatic carbocycles. The standard InChI is InChI=1S/C21H23N7O/c1-14-11-20(28-19(23-14)10-15(2)24-28)27-8-6-26(7-9-27)16-4-5-17-18(12-16)22-13-25(3)21(17)29/h4-5,10-13H,6-9H2,1-3H3. The van der Waals surface area contributed by atoms with Crippen LogP contribution in [0.25, 0.3) is 16.6 Å². The van der Waals surface area contributed by atoms with E-state index in [9.17, 15) is 4.79 Å². The second-order valence-electron chi connectivity index (χ2n) is 7.65. The second-order valence-corrected chi connectivity index (χ2v) is 7.65. The highest BCUT2D eigenvalue weighted by atomic mass is 16.1. The van der Waals surface area contributed by atoms with E-state index in [0.717, 1.165) is 60.2 Å². The number of nitrogens with zero attached hydrogens (tertiary/aromatic N) is 7. The van der Waals surface area contributed by atoms with Gasteiger partial charge in [-0.25, -0.2) is 9.97 Å². The van der Waals surface area contributed by atoms with E-state index >= 15 is 0 Å². The predicted molar refractivity (Wildman–Crippen MR) is 114 cm³/mol. The fourth-order valence-electron chi connectivity index (χ4n) is 4.01. The molecule has 8 nitrogen and oxygen atoms in total. The number of benzene rings is 1. The van der Waals surface area contributed by atoms with E-state index in [-0.39, 0.29) is 5.56 Å². The first-order valence-electron chi connectivity index (χ1n) is 9.79. The average Bonchev–Trinajstić information content (AvgIpc) is 3.10. The number of piperazine rings is 1. The number of hydrogen-bond acceptors (Lipinski definition) is 6. The SMILES string of the molecule is Cc1cc(N2CCN(c3ccc4c(=O)n(C)cnc4c3)CC2)n2nc(C)cc2n1. The monoisotopic (exact) mass is 389 g/mol. The number of aryl methyl sites for hydroxylation is 3. The molecule has 0 bridgehead atoms. The lowest BCUT2D eigenvalue weighted by Crippen LogP contribution is -2.47. The topological polar surface area (TPSA) is 71.6 Å². The van der Waals surface area contributed by atoms with Gasteiger partial charge in [0.05, 0.1) is 22.9 Å². The fourth-order valence-corrected chi connectivity index (χ4v) is 4.01. The lowest BCUT2D eigenvalue weighted by Gasteiger charge is -2.37. The molecular weight excluding hydrogens is 366 g/mol. The summed E-state index contributed by atoms with van der Waals surface area (Å²) in [5.41, 5.74) is 4.69. The minimum atomic E-state index is -0.0158. The highest BCUT2D eigenvalue weighted by Gasteiger charge is 2.21. The van der Waals surface area contributed by atoms with E-state index in [1.807, 2.05) is 42.6 Å². The molecule has 4 aromatic rings. The number of aromatic nitrogens is 5. The number of anilines is 2. The molecule has 1 aliphatic heterocycles. The Hall–Kier alpha value is -3.42.